The van der Waals surface area contributed by atoms with E-state index in [4.69, 9.17) is 21.1 Å². The molecule has 1 aromatic rings. The second-order valence-corrected chi connectivity index (χ2v) is 4.92. The summed E-state index contributed by atoms with van der Waals surface area (Å²) >= 11 is 6.01. The highest BCUT2D eigenvalue weighted by atomic mass is 35.5. The van der Waals surface area contributed by atoms with Crippen molar-refractivity contribution < 1.29 is 9.47 Å². The van der Waals surface area contributed by atoms with E-state index in [1.807, 2.05) is 0 Å². The lowest BCUT2D eigenvalue weighted by atomic mass is 9.91. The van der Waals surface area contributed by atoms with Gasteiger partial charge in [-0.25, -0.2) is 0 Å². The van der Waals surface area contributed by atoms with Gasteiger partial charge in [-0.05, 0) is 12.3 Å². The highest BCUT2D eigenvalue weighted by molar-refractivity contribution is 6.18. The van der Waals surface area contributed by atoms with Crippen LogP contribution in [-0.4, -0.2) is 27.6 Å². The summed E-state index contributed by atoms with van der Waals surface area (Å²) < 4.78 is 13.3. The number of hydrogen-bond donors (Lipinski definition) is 0. The van der Waals surface area contributed by atoms with E-state index in [2.05, 4.69) is 11.9 Å². The molecule has 3 rings (SSSR count). The van der Waals surface area contributed by atoms with Crippen LogP contribution < -0.4 is 10.3 Å². The Kier molecular flexibility index (Phi) is 2.41. The van der Waals surface area contributed by atoms with Crippen LogP contribution in [0.15, 0.2) is 17.1 Å². The van der Waals surface area contributed by atoms with Gasteiger partial charge in [0.25, 0.3) is 5.56 Å². The van der Waals surface area contributed by atoms with Gasteiger partial charge in [-0.2, -0.15) is 4.98 Å². The van der Waals surface area contributed by atoms with Gasteiger partial charge in [0.1, 0.15) is 18.4 Å². The van der Waals surface area contributed by atoms with Crippen molar-refractivity contribution in [3.05, 3.63) is 22.6 Å². The van der Waals surface area contributed by atoms with E-state index in [0.29, 0.717) is 24.4 Å². The zero-order valence-corrected chi connectivity index (χ0v) is 10.2. The molecule has 1 fully saturated rings. The monoisotopic (exact) mass is 256 g/mol. The molecule has 0 unspecified atom stereocenters. The zero-order valence-electron chi connectivity index (χ0n) is 9.43. The molecule has 2 bridgehead atoms. The first-order valence-corrected chi connectivity index (χ1v) is 6.14. The fourth-order valence-electron chi connectivity index (χ4n) is 2.41. The van der Waals surface area contributed by atoms with Crippen molar-refractivity contribution in [1.29, 1.82) is 0 Å². The third kappa shape index (κ3) is 1.57. The number of ether oxygens (including phenoxy) is 2. The first-order valence-electron chi connectivity index (χ1n) is 5.60. The third-order valence-corrected chi connectivity index (χ3v) is 4.06. The van der Waals surface area contributed by atoms with E-state index >= 15 is 0 Å². The van der Waals surface area contributed by atoms with Crippen LogP contribution in [0.25, 0.3) is 0 Å². The number of halogens is 1. The molecule has 2 aliphatic heterocycles. The van der Waals surface area contributed by atoms with Gasteiger partial charge in [-0.1, -0.05) is 6.92 Å². The van der Waals surface area contributed by atoms with E-state index in [1.165, 1.54) is 6.07 Å². The standard InChI is InChI=1S/C11H13ClN2O3/c1-7-4-9-14-3-2-8(15)13-10(14)16-6-11(7,5-12)17-9/h2-3,7,9H,4-6H2,1H3/t7-,9+,11+/m0/s1. The van der Waals surface area contributed by atoms with Crippen molar-refractivity contribution in [3.63, 3.8) is 0 Å². The molecule has 17 heavy (non-hydrogen) atoms. The number of hydrogen-bond acceptors (Lipinski definition) is 4. The zero-order chi connectivity index (χ0) is 12.0. The van der Waals surface area contributed by atoms with Gasteiger partial charge in [0.05, 0.1) is 5.88 Å². The minimum atomic E-state index is -0.469. The summed E-state index contributed by atoms with van der Waals surface area (Å²) in [5, 5.41) is 0. The van der Waals surface area contributed by atoms with Crippen molar-refractivity contribution in [2.24, 2.45) is 5.92 Å². The van der Waals surface area contributed by atoms with Crippen LogP contribution in [0.2, 0.25) is 0 Å². The second kappa shape index (κ2) is 3.71. The number of rotatable bonds is 1. The van der Waals surface area contributed by atoms with Crippen molar-refractivity contribution in [2.75, 3.05) is 12.5 Å². The van der Waals surface area contributed by atoms with Crippen molar-refractivity contribution in [2.45, 2.75) is 25.2 Å². The molecule has 6 heteroatoms. The van der Waals surface area contributed by atoms with E-state index in [-0.39, 0.29) is 11.8 Å². The van der Waals surface area contributed by atoms with E-state index in [1.54, 1.807) is 10.8 Å². The summed E-state index contributed by atoms with van der Waals surface area (Å²) in [4.78, 5) is 15.0. The van der Waals surface area contributed by atoms with Crippen molar-refractivity contribution in [3.8, 4) is 6.01 Å². The van der Waals surface area contributed by atoms with Crippen LogP contribution in [0.1, 0.15) is 19.6 Å². The molecule has 0 radical (unpaired) electrons. The van der Waals surface area contributed by atoms with Gasteiger partial charge in [0.2, 0.25) is 0 Å². The average Bonchev–Trinajstić information content (AvgIpc) is 2.55. The number of nitrogens with zero attached hydrogens (tertiary/aromatic N) is 2. The molecule has 2 aliphatic rings. The molecule has 0 N–H and O–H groups in total. The maximum absolute atomic E-state index is 11.2. The van der Waals surface area contributed by atoms with Crippen LogP contribution in [0.4, 0.5) is 0 Å². The summed E-state index contributed by atoms with van der Waals surface area (Å²) in [6.45, 7) is 2.44. The molecule has 1 saturated heterocycles. The lowest BCUT2D eigenvalue weighted by Crippen LogP contribution is -2.42. The SMILES string of the molecule is C[C@H]1C[C@H]2O[C@]1(CCl)COc1nc(=O)ccn12. The second-order valence-electron chi connectivity index (χ2n) is 4.65. The summed E-state index contributed by atoms with van der Waals surface area (Å²) in [7, 11) is 0. The van der Waals surface area contributed by atoms with Gasteiger partial charge in [-0.3, -0.25) is 9.36 Å². The number of fused-ring (bicyclic) bond motifs is 4. The predicted octanol–water partition coefficient (Wildman–Crippen LogP) is 1.17. The predicted molar refractivity (Wildman–Crippen MR) is 61.3 cm³/mol. The van der Waals surface area contributed by atoms with Gasteiger partial charge >= 0.3 is 6.01 Å². The van der Waals surface area contributed by atoms with Crippen LogP contribution in [0, 0.1) is 5.92 Å². The van der Waals surface area contributed by atoms with E-state index in [9.17, 15) is 4.79 Å². The summed E-state index contributed by atoms with van der Waals surface area (Å²) in [6, 6.07) is 1.73. The van der Waals surface area contributed by atoms with Gasteiger partial charge in [0.15, 0.2) is 0 Å². The molecular weight excluding hydrogens is 244 g/mol. The Morgan fingerprint density at radius 2 is 2.53 bits per heavy atom. The molecule has 3 heterocycles. The minimum absolute atomic E-state index is 0.144. The van der Waals surface area contributed by atoms with Gasteiger partial charge in [-0.15, -0.1) is 11.6 Å². The molecule has 1 aromatic heterocycles. The maximum atomic E-state index is 11.2. The molecular formula is C11H13ClN2O3. The minimum Gasteiger partial charge on any atom is -0.461 e. The molecule has 3 atom stereocenters. The van der Waals surface area contributed by atoms with E-state index in [0.717, 1.165) is 6.42 Å². The Morgan fingerprint density at radius 1 is 1.71 bits per heavy atom. The lowest BCUT2D eigenvalue weighted by Gasteiger charge is -2.28. The highest BCUT2D eigenvalue weighted by Crippen LogP contribution is 2.44. The Bertz CT molecular complexity index is 504. The smallest absolute Gasteiger partial charge is 0.301 e. The Labute approximate surface area is 103 Å². The molecule has 5 nitrogen and oxygen atoms in total. The van der Waals surface area contributed by atoms with Gasteiger partial charge in [0, 0.05) is 12.3 Å². The Morgan fingerprint density at radius 3 is 3.29 bits per heavy atom. The van der Waals surface area contributed by atoms with Crippen LogP contribution in [0.3, 0.4) is 0 Å². The van der Waals surface area contributed by atoms with E-state index < -0.39 is 5.60 Å². The first kappa shape index (κ1) is 11.0. The summed E-state index contributed by atoms with van der Waals surface area (Å²) in [5.74, 6) is 0.696. The third-order valence-electron chi connectivity index (χ3n) is 3.61. The molecule has 0 amide bonds. The molecule has 0 aromatic carbocycles. The molecule has 92 valence electrons. The first-order chi connectivity index (χ1) is 8.14. The lowest BCUT2D eigenvalue weighted by molar-refractivity contribution is -0.0722. The molecule has 0 saturated carbocycles. The van der Waals surface area contributed by atoms with Crippen molar-refractivity contribution in [1.82, 2.24) is 9.55 Å². The molecule has 0 aliphatic carbocycles. The highest BCUT2D eigenvalue weighted by Gasteiger charge is 2.49. The van der Waals surface area contributed by atoms with Crippen LogP contribution in [0.5, 0.6) is 6.01 Å². The topological polar surface area (TPSA) is 53.4 Å². The summed E-state index contributed by atoms with van der Waals surface area (Å²) in [5.41, 5.74) is -0.773. The summed E-state index contributed by atoms with van der Waals surface area (Å²) in [6.07, 6.45) is 2.38. The normalized spacial score (nSPS) is 34.9. The quantitative estimate of drug-likeness (QED) is 0.708. The fraction of sp³-hybridized carbons (Fsp3) is 0.636. The average molecular weight is 257 g/mol. The Balaban J connectivity index is 2.06. The Hall–Kier alpha value is -1.07. The fourth-order valence-corrected chi connectivity index (χ4v) is 2.81. The number of alkyl halides is 1. The van der Waals surface area contributed by atoms with Crippen LogP contribution >= 0.6 is 11.6 Å². The molecule has 0 spiro atoms. The maximum Gasteiger partial charge on any atom is 0.301 e. The largest absolute Gasteiger partial charge is 0.461 e. The van der Waals surface area contributed by atoms with Crippen LogP contribution in [-0.2, 0) is 4.74 Å². The van der Waals surface area contributed by atoms with Crippen molar-refractivity contribution >= 4 is 11.6 Å². The number of aromatic nitrogens is 2. The van der Waals surface area contributed by atoms with Gasteiger partial charge < -0.3 is 9.47 Å².